The average Bonchev–Trinajstić information content (AvgIpc) is 2.51. The van der Waals surface area contributed by atoms with Gasteiger partial charge in [0.2, 0.25) is 0 Å². The first-order valence-corrected chi connectivity index (χ1v) is 8.99. The number of aliphatic hydroxyl groups excluding tert-OH is 1. The Labute approximate surface area is 145 Å². The van der Waals surface area contributed by atoms with Gasteiger partial charge in [-0.2, -0.15) is 0 Å². The number of carbonyl (C=O) groups excluding carboxylic acids is 1. The number of benzene rings is 1. The molecule has 134 valence electrons. The lowest BCUT2D eigenvalue weighted by Gasteiger charge is -2.43. The van der Waals surface area contributed by atoms with Crippen LogP contribution in [-0.4, -0.2) is 28.3 Å². The maximum absolute atomic E-state index is 12.7. The first-order chi connectivity index (χ1) is 11.2. The summed E-state index contributed by atoms with van der Waals surface area (Å²) < 4.78 is 0. The molecule has 1 saturated carbocycles. The van der Waals surface area contributed by atoms with Gasteiger partial charge in [-0.25, -0.2) is 0 Å². The van der Waals surface area contributed by atoms with Crippen LogP contribution in [0.25, 0.3) is 0 Å². The highest BCUT2D eigenvalue weighted by molar-refractivity contribution is 5.85. The monoisotopic (exact) mass is 333 g/mol. The lowest BCUT2D eigenvalue weighted by atomic mass is 9.66. The molecule has 0 aromatic heterocycles. The summed E-state index contributed by atoms with van der Waals surface area (Å²) in [5, 5.41) is 24.2. The predicted octanol–water partition coefficient (Wildman–Crippen LogP) is 2.97. The van der Waals surface area contributed by atoms with Crippen molar-refractivity contribution in [2.45, 2.75) is 58.7 Å². The molecule has 0 heterocycles. The quantitative estimate of drug-likeness (QED) is 0.776. The Bertz CT molecular complexity index is 572. The Hall–Kier alpha value is -1.39. The fraction of sp³-hybridized carbons (Fsp3) is 0.650. The van der Waals surface area contributed by atoms with Gasteiger partial charge in [-0.05, 0) is 43.1 Å². The Morgan fingerprint density at radius 2 is 2.08 bits per heavy atom. The Morgan fingerprint density at radius 3 is 2.71 bits per heavy atom. The molecule has 1 aliphatic carbocycles. The summed E-state index contributed by atoms with van der Waals surface area (Å²) in [7, 11) is 0. The molecular weight excluding hydrogens is 302 g/mol. The molecule has 0 spiro atoms. The standard InChI is InChI=1S/C20H31NO3/c1-13(2)17-9-8-15(4)11-20(17,24)19(23)21-12-18(22)16-7-5-6-14(3)10-16/h5-7,10,13,15,17-18,22,24H,8-9,11-12H2,1-4H3,(H,21,23)/t15-,17+,18+,20+/m1/s1. The molecule has 1 aromatic rings. The number of hydrogen-bond donors (Lipinski definition) is 3. The van der Waals surface area contributed by atoms with Crippen molar-refractivity contribution in [1.29, 1.82) is 0 Å². The molecule has 2 rings (SSSR count). The van der Waals surface area contributed by atoms with E-state index in [1.54, 1.807) is 0 Å². The molecule has 1 aromatic carbocycles. The van der Waals surface area contributed by atoms with E-state index in [1.165, 1.54) is 0 Å². The van der Waals surface area contributed by atoms with Crippen LogP contribution in [0.1, 0.15) is 57.3 Å². The third kappa shape index (κ3) is 4.17. The topological polar surface area (TPSA) is 69.6 Å². The van der Waals surface area contributed by atoms with Crippen molar-refractivity contribution in [3.63, 3.8) is 0 Å². The summed E-state index contributed by atoms with van der Waals surface area (Å²) in [6.07, 6.45) is 1.63. The van der Waals surface area contributed by atoms with E-state index in [-0.39, 0.29) is 24.3 Å². The number of carbonyl (C=O) groups is 1. The van der Waals surface area contributed by atoms with Crippen LogP contribution in [0.3, 0.4) is 0 Å². The zero-order valence-electron chi connectivity index (χ0n) is 15.2. The second-order valence-corrected chi connectivity index (χ2v) is 7.80. The van der Waals surface area contributed by atoms with Crippen LogP contribution in [0.2, 0.25) is 0 Å². The van der Waals surface area contributed by atoms with Gasteiger partial charge in [0.15, 0.2) is 0 Å². The number of hydrogen-bond acceptors (Lipinski definition) is 3. The summed E-state index contributed by atoms with van der Waals surface area (Å²) in [5.41, 5.74) is 0.509. The summed E-state index contributed by atoms with van der Waals surface area (Å²) in [4.78, 5) is 12.7. The highest BCUT2D eigenvalue weighted by Crippen LogP contribution is 2.41. The van der Waals surface area contributed by atoms with Crippen molar-refractivity contribution in [1.82, 2.24) is 5.32 Å². The minimum Gasteiger partial charge on any atom is -0.387 e. The Balaban J connectivity index is 2.04. The predicted molar refractivity (Wildman–Crippen MR) is 95.4 cm³/mol. The fourth-order valence-electron chi connectivity index (χ4n) is 3.97. The van der Waals surface area contributed by atoms with Crippen LogP contribution in [0.4, 0.5) is 0 Å². The molecule has 4 heteroatoms. The molecule has 0 aliphatic heterocycles. The van der Waals surface area contributed by atoms with Gasteiger partial charge < -0.3 is 15.5 Å². The van der Waals surface area contributed by atoms with Gasteiger partial charge >= 0.3 is 0 Å². The van der Waals surface area contributed by atoms with Crippen LogP contribution in [0.15, 0.2) is 24.3 Å². The molecule has 1 aliphatic rings. The summed E-state index contributed by atoms with van der Waals surface area (Å²) in [5.74, 6) is 0.191. The summed E-state index contributed by atoms with van der Waals surface area (Å²) in [6.45, 7) is 8.27. The maximum Gasteiger partial charge on any atom is 0.252 e. The highest BCUT2D eigenvalue weighted by Gasteiger charge is 2.48. The molecular formula is C20H31NO3. The van der Waals surface area contributed by atoms with Crippen LogP contribution >= 0.6 is 0 Å². The van der Waals surface area contributed by atoms with E-state index in [9.17, 15) is 15.0 Å². The number of nitrogens with one attached hydrogen (secondary N) is 1. The normalized spacial score (nSPS) is 28.6. The minimum atomic E-state index is -1.34. The summed E-state index contributed by atoms with van der Waals surface area (Å²) >= 11 is 0. The van der Waals surface area contributed by atoms with Gasteiger partial charge in [0.25, 0.3) is 5.91 Å². The first kappa shape index (κ1) is 18.9. The van der Waals surface area contributed by atoms with Gasteiger partial charge in [0.05, 0.1) is 6.10 Å². The Morgan fingerprint density at radius 1 is 1.38 bits per heavy atom. The molecule has 0 bridgehead atoms. The maximum atomic E-state index is 12.7. The van der Waals surface area contributed by atoms with Crippen LogP contribution < -0.4 is 5.32 Å². The number of rotatable bonds is 5. The summed E-state index contributed by atoms with van der Waals surface area (Å²) in [6, 6.07) is 7.61. The minimum absolute atomic E-state index is 0.0372. The zero-order valence-corrected chi connectivity index (χ0v) is 15.2. The number of amides is 1. The van der Waals surface area contributed by atoms with Crippen molar-refractivity contribution in [2.24, 2.45) is 17.8 Å². The molecule has 3 N–H and O–H groups in total. The van der Waals surface area contributed by atoms with E-state index in [4.69, 9.17) is 0 Å². The van der Waals surface area contributed by atoms with Crippen LogP contribution in [-0.2, 0) is 4.79 Å². The second kappa shape index (κ2) is 7.66. The van der Waals surface area contributed by atoms with Crippen LogP contribution in [0.5, 0.6) is 0 Å². The van der Waals surface area contributed by atoms with Gasteiger partial charge in [-0.3, -0.25) is 4.79 Å². The lowest BCUT2D eigenvalue weighted by molar-refractivity contribution is -0.156. The average molecular weight is 333 g/mol. The molecule has 0 radical (unpaired) electrons. The molecule has 4 nitrogen and oxygen atoms in total. The van der Waals surface area contributed by atoms with E-state index in [0.29, 0.717) is 12.3 Å². The largest absolute Gasteiger partial charge is 0.387 e. The fourth-order valence-corrected chi connectivity index (χ4v) is 3.97. The van der Waals surface area contributed by atoms with Crippen LogP contribution in [0, 0.1) is 24.7 Å². The van der Waals surface area contributed by atoms with Crippen molar-refractivity contribution < 1.29 is 15.0 Å². The molecule has 1 fully saturated rings. The van der Waals surface area contributed by atoms with Gasteiger partial charge in [0.1, 0.15) is 5.60 Å². The number of aliphatic hydroxyl groups is 2. The third-order valence-corrected chi connectivity index (χ3v) is 5.32. The Kier molecular flexibility index (Phi) is 6.05. The first-order valence-electron chi connectivity index (χ1n) is 8.99. The highest BCUT2D eigenvalue weighted by atomic mass is 16.3. The molecule has 1 amide bonds. The molecule has 0 unspecified atom stereocenters. The second-order valence-electron chi connectivity index (χ2n) is 7.80. The van der Waals surface area contributed by atoms with Crippen molar-refractivity contribution in [2.75, 3.05) is 6.54 Å². The van der Waals surface area contributed by atoms with Crippen molar-refractivity contribution in [3.8, 4) is 0 Å². The van der Waals surface area contributed by atoms with Gasteiger partial charge in [-0.1, -0.05) is 57.0 Å². The van der Waals surface area contributed by atoms with E-state index in [2.05, 4.69) is 26.1 Å². The smallest absolute Gasteiger partial charge is 0.252 e. The van der Waals surface area contributed by atoms with E-state index in [1.807, 2.05) is 31.2 Å². The zero-order chi connectivity index (χ0) is 17.9. The number of aryl methyl sites for hydroxylation is 1. The van der Waals surface area contributed by atoms with E-state index >= 15 is 0 Å². The van der Waals surface area contributed by atoms with Crippen molar-refractivity contribution >= 4 is 5.91 Å². The third-order valence-electron chi connectivity index (χ3n) is 5.32. The lowest BCUT2D eigenvalue weighted by Crippen LogP contribution is -2.56. The van der Waals surface area contributed by atoms with E-state index < -0.39 is 11.7 Å². The molecule has 24 heavy (non-hydrogen) atoms. The SMILES string of the molecule is Cc1cccc([C@@H](O)CNC(=O)[C@]2(O)C[C@H](C)CC[C@H]2C(C)C)c1. The molecule has 4 atom stereocenters. The van der Waals surface area contributed by atoms with E-state index in [0.717, 1.165) is 24.0 Å². The van der Waals surface area contributed by atoms with Gasteiger partial charge in [-0.15, -0.1) is 0 Å². The van der Waals surface area contributed by atoms with Gasteiger partial charge in [0, 0.05) is 6.54 Å². The molecule has 0 saturated heterocycles. The van der Waals surface area contributed by atoms with Crippen molar-refractivity contribution in [3.05, 3.63) is 35.4 Å².